The third-order valence-corrected chi connectivity index (χ3v) is 6.23. The molecule has 1 heterocycles. The second-order valence-electron chi connectivity index (χ2n) is 8.29. The summed E-state index contributed by atoms with van der Waals surface area (Å²) in [5.41, 5.74) is 1.18. The van der Waals surface area contributed by atoms with Gasteiger partial charge in [-0.15, -0.1) is 24.0 Å². The molecule has 1 atom stereocenters. The number of nitrogens with zero attached hydrogens (tertiary/aromatic N) is 2. The fourth-order valence-electron chi connectivity index (χ4n) is 4.40. The normalized spacial score (nSPS) is 18.5. The van der Waals surface area contributed by atoms with Gasteiger partial charge in [0.25, 0.3) is 0 Å². The minimum atomic E-state index is 0. The van der Waals surface area contributed by atoms with Crippen molar-refractivity contribution in [2.45, 2.75) is 44.2 Å². The summed E-state index contributed by atoms with van der Waals surface area (Å²) in [6, 6.07) is 6.32. The second kappa shape index (κ2) is 15.6. The summed E-state index contributed by atoms with van der Waals surface area (Å²) < 4.78 is 22.5. The van der Waals surface area contributed by atoms with Crippen LogP contribution in [0.15, 0.2) is 23.2 Å². The zero-order chi connectivity index (χ0) is 22.6. The van der Waals surface area contributed by atoms with E-state index in [4.69, 9.17) is 18.9 Å². The molecule has 1 aromatic rings. The first-order chi connectivity index (χ1) is 15.7. The van der Waals surface area contributed by atoms with Gasteiger partial charge < -0.3 is 29.6 Å². The highest BCUT2D eigenvalue weighted by molar-refractivity contribution is 14.0. The Balaban J connectivity index is 0.00000385. The van der Waals surface area contributed by atoms with Crippen molar-refractivity contribution < 1.29 is 18.9 Å². The van der Waals surface area contributed by atoms with E-state index in [-0.39, 0.29) is 30.0 Å². The van der Waals surface area contributed by atoms with Crippen LogP contribution in [-0.2, 0) is 9.47 Å². The van der Waals surface area contributed by atoms with E-state index in [0.717, 1.165) is 69.9 Å². The Morgan fingerprint density at radius 2 is 1.85 bits per heavy atom. The fraction of sp³-hybridized carbons (Fsp3) is 0.708. The lowest BCUT2D eigenvalue weighted by molar-refractivity contribution is 0.0169. The molecule has 2 fully saturated rings. The van der Waals surface area contributed by atoms with E-state index in [0.29, 0.717) is 6.10 Å². The summed E-state index contributed by atoms with van der Waals surface area (Å²) in [5.74, 6) is 2.29. The predicted octanol–water partition coefficient (Wildman–Crippen LogP) is 3.21. The predicted molar refractivity (Wildman–Crippen MR) is 142 cm³/mol. The maximum Gasteiger partial charge on any atom is 0.191 e. The van der Waals surface area contributed by atoms with Crippen LogP contribution >= 0.6 is 24.0 Å². The molecule has 2 aliphatic rings. The third kappa shape index (κ3) is 8.77. The number of benzene rings is 1. The highest BCUT2D eigenvalue weighted by Crippen LogP contribution is 2.32. The molecule has 2 N–H and O–H groups in total. The van der Waals surface area contributed by atoms with Crippen LogP contribution in [0.1, 0.15) is 43.7 Å². The Morgan fingerprint density at radius 1 is 1.12 bits per heavy atom. The Kier molecular flexibility index (Phi) is 13.2. The van der Waals surface area contributed by atoms with E-state index in [1.165, 1.54) is 31.2 Å². The summed E-state index contributed by atoms with van der Waals surface area (Å²) in [7, 11) is 5.14. The molecule has 8 nitrogen and oxygen atoms in total. The molecule has 9 heteroatoms. The van der Waals surface area contributed by atoms with Crippen molar-refractivity contribution in [3.8, 4) is 11.5 Å². The lowest BCUT2D eigenvalue weighted by Gasteiger charge is -2.35. The quantitative estimate of drug-likeness (QED) is 0.181. The van der Waals surface area contributed by atoms with Gasteiger partial charge in [0.1, 0.15) is 0 Å². The van der Waals surface area contributed by atoms with Gasteiger partial charge in [0.2, 0.25) is 0 Å². The number of ether oxygens (including phenoxy) is 4. The molecular formula is C24H41IN4O4. The van der Waals surface area contributed by atoms with Crippen LogP contribution in [0.3, 0.4) is 0 Å². The number of halogens is 1. The molecule has 1 aromatic carbocycles. The first-order valence-corrected chi connectivity index (χ1v) is 11.8. The maximum atomic E-state index is 5.95. The monoisotopic (exact) mass is 576 g/mol. The average Bonchev–Trinajstić information content (AvgIpc) is 3.36. The molecule has 1 aliphatic heterocycles. The molecule has 1 aliphatic carbocycles. The smallest absolute Gasteiger partial charge is 0.191 e. The number of guanidine groups is 1. The summed E-state index contributed by atoms with van der Waals surface area (Å²) >= 11 is 0. The molecule has 33 heavy (non-hydrogen) atoms. The van der Waals surface area contributed by atoms with Crippen molar-refractivity contribution in [2.75, 3.05) is 67.3 Å². The number of rotatable bonds is 11. The third-order valence-electron chi connectivity index (χ3n) is 6.23. The van der Waals surface area contributed by atoms with Gasteiger partial charge in [-0.3, -0.25) is 9.89 Å². The minimum Gasteiger partial charge on any atom is -0.493 e. The standard InChI is InChI=1S/C24H40N4O4.HI/c1-25-24(26-11-6-14-32-20-7-4-5-8-20)27-18-21(28-12-15-31-16-13-28)19-9-10-22(29-2)23(17-19)30-3;/h9-10,17,20-21H,4-8,11-16,18H2,1-3H3,(H2,25,26,27);1H. The van der Waals surface area contributed by atoms with Gasteiger partial charge in [0.15, 0.2) is 17.5 Å². The molecule has 188 valence electrons. The lowest BCUT2D eigenvalue weighted by Crippen LogP contribution is -2.46. The van der Waals surface area contributed by atoms with Crippen molar-refractivity contribution in [1.29, 1.82) is 0 Å². The molecule has 1 saturated heterocycles. The zero-order valence-corrected chi connectivity index (χ0v) is 22.6. The van der Waals surface area contributed by atoms with E-state index in [2.05, 4.69) is 32.7 Å². The van der Waals surface area contributed by atoms with Crippen molar-refractivity contribution in [3.05, 3.63) is 23.8 Å². The van der Waals surface area contributed by atoms with E-state index in [1.807, 2.05) is 13.1 Å². The molecular weight excluding hydrogens is 535 g/mol. The number of methoxy groups -OCH3 is 2. The first-order valence-electron chi connectivity index (χ1n) is 11.8. The second-order valence-corrected chi connectivity index (χ2v) is 8.29. The van der Waals surface area contributed by atoms with Crippen LogP contribution in [0.5, 0.6) is 11.5 Å². The van der Waals surface area contributed by atoms with Crippen LogP contribution in [0.2, 0.25) is 0 Å². The number of hydrogen-bond acceptors (Lipinski definition) is 6. The molecule has 0 radical (unpaired) electrons. The van der Waals surface area contributed by atoms with Crippen molar-refractivity contribution in [3.63, 3.8) is 0 Å². The van der Waals surface area contributed by atoms with Crippen LogP contribution in [0.25, 0.3) is 0 Å². The Bertz CT molecular complexity index is 710. The Hall–Kier alpha value is -1.30. The number of aliphatic imine (C=N–C) groups is 1. The molecule has 0 spiro atoms. The molecule has 0 aromatic heterocycles. The molecule has 1 unspecified atom stereocenters. The SMILES string of the molecule is CN=C(NCCCOC1CCCC1)NCC(c1ccc(OC)c(OC)c1)N1CCOCC1.I. The summed E-state index contributed by atoms with van der Waals surface area (Å²) in [4.78, 5) is 6.85. The number of hydrogen-bond donors (Lipinski definition) is 2. The average molecular weight is 577 g/mol. The number of morpholine rings is 1. The zero-order valence-electron chi connectivity index (χ0n) is 20.3. The largest absolute Gasteiger partial charge is 0.493 e. The van der Waals surface area contributed by atoms with Crippen molar-refractivity contribution in [1.82, 2.24) is 15.5 Å². The molecule has 1 saturated carbocycles. The van der Waals surface area contributed by atoms with Gasteiger partial charge >= 0.3 is 0 Å². The highest BCUT2D eigenvalue weighted by atomic mass is 127. The molecule has 0 amide bonds. The lowest BCUT2D eigenvalue weighted by atomic mass is 10.0. The molecule has 3 rings (SSSR count). The van der Waals surface area contributed by atoms with E-state index in [1.54, 1.807) is 14.2 Å². The van der Waals surface area contributed by atoms with Gasteiger partial charge in [0, 0.05) is 39.8 Å². The summed E-state index contributed by atoms with van der Waals surface area (Å²) in [5, 5.41) is 6.92. The maximum absolute atomic E-state index is 5.95. The Morgan fingerprint density at radius 3 is 2.52 bits per heavy atom. The van der Waals surface area contributed by atoms with Crippen LogP contribution in [0, 0.1) is 0 Å². The van der Waals surface area contributed by atoms with Gasteiger partial charge in [-0.1, -0.05) is 18.9 Å². The van der Waals surface area contributed by atoms with Crippen LogP contribution < -0.4 is 20.1 Å². The first kappa shape index (κ1) is 27.9. The van der Waals surface area contributed by atoms with Gasteiger partial charge in [-0.25, -0.2) is 0 Å². The van der Waals surface area contributed by atoms with Crippen molar-refractivity contribution >= 4 is 29.9 Å². The van der Waals surface area contributed by atoms with Gasteiger partial charge in [0.05, 0.1) is 39.6 Å². The fourth-order valence-corrected chi connectivity index (χ4v) is 4.40. The van der Waals surface area contributed by atoms with Crippen LogP contribution in [-0.4, -0.2) is 84.2 Å². The summed E-state index contributed by atoms with van der Waals surface area (Å²) in [6.45, 7) is 5.65. The molecule has 0 bridgehead atoms. The van der Waals surface area contributed by atoms with E-state index >= 15 is 0 Å². The topological polar surface area (TPSA) is 76.6 Å². The van der Waals surface area contributed by atoms with Crippen LogP contribution in [0.4, 0.5) is 0 Å². The number of nitrogens with one attached hydrogen (secondary N) is 2. The summed E-state index contributed by atoms with van der Waals surface area (Å²) in [6.07, 6.45) is 6.50. The minimum absolute atomic E-state index is 0. The highest BCUT2D eigenvalue weighted by Gasteiger charge is 2.24. The van der Waals surface area contributed by atoms with Gasteiger partial charge in [-0.2, -0.15) is 0 Å². The van der Waals surface area contributed by atoms with Gasteiger partial charge in [-0.05, 0) is 37.0 Å². The van der Waals surface area contributed by atoms with E-state index < -0.39 is 0 Å². The van der Waals surface area contributed by atoms with Crippen molar-refractivity contribution in [2.24, 2.45) is 4.99 Å². The Labute approximate surface area is 215 Å². The van der Waals surface area contributed by atoms with E-state index in [9.17, 15) is 0 Å².